The summed E-state index contributed by atoms with van der Waals surface area (Å²) in [6.07, 6.45) is 0. The Hall–Kier alpha value is 0.910. The van der Waals surface area contributed by atoms with Crippen molar-refractivity contribution in [2.45, 2.75) is 9.65 Å². The second-order valence-corrected chi connectivity index (χ2v) is 7.56. The second kappa shape index (κ2) is 2.45. The summed E-state index contributed by atoms with van der Waals surface area (Å²) in [5.74, 6) is 1.50. The van der Waals surface area contributed by atoms with Crippen LogP contribution in [0.4, 0.5) is 0 Å². The Morgan fingerprint density at radius 1 is 1.00 bits per heavy atom. The smallest absolute Gasteiger partial charge is 0.150 e. The molecule has 1 saturated carbocycles. The van der Waals surface area contributed by atoms with Crippen LogP contribution in [0.3, 0.4) is 0 Å². The Balaban J connectivity index is 2.22. The number of sulfone groups is 1. The van der Waals surface area contributed by atoms with Gasteiger partial charge in [0.2, 0.25) is 0 Å². The predicted molar refractivity (Wildman–Crippen MR) is 51.1 cm³/mol. The van der Waals surface area contributed by atoms with Crippen LogP contribution in [-0.2, 0) is 9.84 Å². The monoisotopic (exact) mass is 302 g/mol. The fraction of sp³-hybridized carbons (Fsp3) is 1.00. The Morgan fingerprint density at radius 2 is 1.36 bits per heavy atom. The molecule has 0 bridgehead atoms. The van der Waals surface area contributed by atoms with Gasteiger partial charge >= 0.3 is 0 Å². The van der Waals surface area contributed by atoms with E-state index in [4.69, 9.17) is 0 Å². The highest BCUT2D eigenvalue weighted by molar-refractivity contribution is 9.12. The van der Waals surface area contributed by atoms with E-state index in [1.807, 2.05) is 0 Å². The van der Waals surface area contributed by atoms with Crippen LogP contribution < -0.4 is 0 Å². The molecular weight excluding hydrogens is 296 g/mol. The van der Waals surface area contributed by atoms with E-state index in [9.17, 15) is 8.42 Å². The summed E-state index contributed by atoms with van der Waals surface area (Å²) in [7, 11) is -2.71. The molecule has 2 rings (SSSR count). The highest BCUT2D eigenvalue weighted by Gasteiger charge is 2.55. The predicted octanol–water partition coefficient (Wildman–Crippen LogP) is 1.19. The van der Waals surface area contributed by atoms with Gasteiger partial charge in [0.15, 0.2) is 9.84 Å². The number of alkyl halides is 2. The van der Waals surface area contributed by atoms with Crippen LogP contribution >= 0.6 is 31.9 Å². The molecule has 1 aliphatic heterocycles. The van der Waals surface area contributed by atoms with E-state index in [0.717, 1.165) is 0 Å². The van der Waals surface area contributed by atoms with Gasteiger partial charge in [0.1, 0.15) is 0 Å². The minimum absolute atomic E-state index is 0.365. The number of rotatable bonds is 0. The van der Waals surface area contributed by atoms with Crippen molar-refractivity contribution < 1.29 is 8.42 Å². The van der Waals surface area contributed by atoms with Gasteiger partial charge < -0.3 is 0 Å². The molecule has 0 aromatic rings. The highest BCUT2D eigenvalue weighted by atomic mass is 79.9. The minimum atomic E-state index is -2.71. The standard InChI is InChI=1S/C6H8Br2O2S/c7-5-3-1-11(9,10)2-4(3)6(5)8/h3-6H,1-2H2/t3-,4+,5+,6-. The van der Waals surface area contributed by atoms with Gasteiger partial charge in [-0.25, -0.2) is 8.42 Å². The van der Waals surface area contributed by atoms with Crippen molar-refractivity contribution in [3.8, 4) is 0 Å². The molecule has 64 valence electrons. The van der Waals surface area contributed by atoms with Crippen molar-refractivity contribution in [1.29, 1.82) is 0 Å². The number of halogens is 2. The summed E-state index contributed by atoms with van der Waals surface area (Å²) < 4.78 is 22.3. The molecule has 11 heavy (non-hydrogen) atoms. The van der Waals surface area contributed by atoms with Crippen LogP contribution in [0.2, 0.25) is 0 Å². The van der Waals surface area contributed by atoms with Gasteiger partial charge in [-0.05, 0) is 11.8 Å². The molecule has 2 aliphatic rings. The molecule has 0 N–H and O–H groups in total. The van der Waals surface area contributed by atoms with Crippen LogP contribution in [0.1, 0.15) is 0 Å². The molecule has 5 heteroatoms. The molecule has 2 fully saturated rings. The lowest BCUT2D eigenvalue weighted by atomic mass is 9.76. The first-order valence-electron chi connectivity index (χ1n) is 3.50. The zero-order chi connectivity index (χ0) is 8.22. The van der Waals surface area contributed by atoms with E-state index in [0.29, 0.717) is 33.0 Å². The van der Waals surface area contributed by atoms with Crippen molar-refractivity contribution in [2.24, 2.45) is 11.8 Å². The third kappa shape index (κ3) is 1.20. The van der Waals surface area contributed by atoms with Crippen LogP contribution in [0.25, 0.3) is 0 Å². The minimum Gasteiger partial charge on any atom is -0.229 e. The third-order valence-electron chi connectivity index (χ3n) is 2.56. The molecule has 1 aliphatic carbocycles. The largest absolute Gasteiger partial charge is 0.229 e. The van der Waals surface area contributed by atoms with Gasteiger partial charge in [-0.1, -0.05) is 31.9 Å². The molecule has 2 nitrogen and oxygen atoms in total. The zero-order valence-electron chi connectivity index (χ0n) is 5.70. The first-order valence-corrected chi connectivity index (χ1v) is 7.15. The quantitative estimate of drug-likeness (QED) is 0.630. The van der Waals surface area contributed by atoms with Gasteiger partial charge in [0.25, 0.3) is 0 Å². The summed E-state index contributed by atoms with van der Waals surface area (Å²) in [6, 6.07) is 0. The van der Waals surface area contributed by atoms with Crippen LogP contribution in [0.5, 0.6) is 0 Å². The third-order valence-corrected chi connectivity index (χ3v) is 7.56. The number of hydrogen-bond acceptors (Lipinski definition) is 2. The average molecular weight is 304 g/mol. The fourth-order valence-electron chi connectivity index (χ4n) is 1.88. The van der Waals surface area contributed by atoms with Gasteiger partial charge in [0, 0.05) is 9.65 Å². The summed E-state index contributed by atoms with van der Waals surface area (Å²) in [5, 5.41) is 0. The SMILES string of the molecule is O=S1(=O)C[C@@H]2[C@@H](Br)[C@@H](Br)[C@@H]2C1. The normalized spacial score (nSPS) is 53.3. The topological polar surface area (TPSA) is 34.1 Å². The van der Waals surface area contributed by atoms with E-state index < -0.39 is 9.84 Å². The molecule has 0 unspecified atom stereocenters. The Bertz CT molecular complexity index is 252. The molecule has 0 spiro atoms. The van der Waals surface area contributed by atoms with Crippen molar-refractivity contribution >= 4 is 41.7 Å². The maximum atomic E-state index is 11.1. The maximum absolute atomic E-state index is 11.1. The van der Waals surface area contributed by atoms with Crippen LogP contribution in [0.15, 0.2) is 0 Å². The molecular formula is C6H8Br2O2S. The molecule has 0 radical (unpaired) electrons. The molecule has 0 amide bonds. The Morgan fingerprint density at radius 3 is 1.73 bits per heavy atom. The molecule has 1 heterocycles. The van der Waals surface area contributed by atoms with E-state index in [1.54, 1.807) is 0 Å². The van der Waals surface area contributed by atoms with Crippen molar-refractivity contribution in [3.63, 3.8) is 0 Å². The fourth-order valence-corrected chi connectivity index (χ4v) is 6.54. The van der Waals surface area contributed by atoms with Crippen LogP contribution in [-0.4, -0.2) is 29.6 Å². The summed E-state index contributed by atoms with van der Waals surface area (Å²) in [4.78, 5) is 0.731. The summed E-state index contributed by atoms with van der Waals surface area (Å²) in [6.45, 7) is 0. The molecule has 0 aromatic carbocycles. The van der Waals surface area contributed by atoms with Crippen molar-refractivity contribution in [2.75, 3.05) is 11.5 Å². The highest BCUT2D eigenvalue weighted by Crippen LogP contribution is 2.50. The lowest BCUT2D eigenvalue weighted by Crippen LogP contribution is -2.47. The first-order chi connectivity index (χ1) is 5.01. The van der Waals surface area contributed by atoms with E-state index >= 15 is 0 Å². The Kier molecular flexibility index (Phi) is 1.89. The zero-order valence-corrected chi connectivity index (χ0v) is 9.69. The van der Waals surface area contributed by atoms with Crippen molar-refractivity contribution in [3.05, 3.63) is 0 Å². The van der Waals surface area contributed by atoms with E-state index in [2.05, 4.69) is 31.9 Å². The van der Waals surface area contributed by atoms with Gasteiger partial charge in [-0.15, -0.1) is 0 Å². The van der Waals surface area contributed by atoms with Gasteiger partial charge in [-0.3, -0.25) is 0 Å². The Labute approximate surface area is 82.9 Å². The lowest BCUT2D eigenvalue weighted by Gasteiger charge is -2.41. The first kappa shape index (κ1) is 8.51. The maximum Gasteiger partial charge on any atom is 0.150 e. The average Bonchev–Trinajstić information content (AvgIpc) is 2.23. The summed E-state index contributed by atoms with van der Waals surface area (Å²) >= 11 is 6.95. The molecule has 4 atom stereocenters. The number of hydrogen-bond donors (Lipinski definition) is 0. The second-order valence-electron chi connectivity index (χ2n) is 3.29. The summed E-state index contributed by atoms with van der Waals surface area (Å²) in [5.41, 5.74) is 0. The molecule has 0 aromatic heterocycles. The number of fused-ring (bicyclic) bond motifs is 1. The molecule has 1 saturated heterocycles. The van der Waals surface area contributed by atoms with E-state index in [1.165, 1.54) is 0 Å². The van der Waals surface area contributed by atoms with Gasteiger partial charge in [0.05, 0.1) is 11.5 Å². The van der Waals surface area contributed by atoms with Crippen molar-refractivity contribution in [1.82, 2.24) is 0 Å². The lowest BCUT2D eigenvalue weighted by molar-refractivity contribution is 0.281. The van der Waals surface area contributed by atoms with E-state index in [-0.39, 0.29) is 0 Å². The van der Waals surface area contributed by atoms with Gasteiger partial charge in [-0.2, -0.15) is 0 Å². The van der Waals surface area contributed by atoms with Crippen LogP contribution in [0, 0.1) is 11.8 Å².